The summed E-state index contributed by atoms with van der Waals surface area (Å²) in [5.74, 6) is 0.358. The molecule has 13 nitrogen and oxygen atoms in total. The van der Waals surface area contributed by atoms with Gasteiger partial charge in [-0.15, -0.1) is 0 Å². The molecule has 1 aromatic heterocycles. The van der Waals surface area contributed by atoms with Gasteiger partial charge >= 0.3 is 5.97 Å². The number of hydrogen-bond donors (Lipinski definition) is 2. The fourth-order valence-corrected chi connectivity index (χ4v) is 6.42. The van der Waals surface area contributed by atoms with E-state index in [0.717, 1.165) is 16.7 Å². The summed E-state index contributed by atoms with van der Waals surface area (Å²) < 4.78 is 44.6. The van der Waals surface area contributed by atoms with E-state index < -0.39 is 29.1 Å². The summed E-state index contributed by atoms with van der Waals surface area (Å²) >= 11 is 0. The van der Waals surface area contributed by atoms with Crippen LogP contribution in [-0.2, 0) is 22.5 Å². The van der Waals surface area contributed by atoms with Crippen molar-refractivity contribution in [1.82, 2.24) is 4.90 Å². The second kappa shape index (κ2) is 15.3. The predicted octanol–water partition coefficient (Wildman–Crippen LogP) is 4.95. The highest BCUT2D eigenvalue weighted by atomic mass is 16.5. The number of aromatic hydroxyl groups is 2. The molecule has 5 rings (SSSR count). The van der Waals surface area contributed by atoms with Gasteiger partial charge in [-0.2, -0.15) is 0 Å². The molecule has 2 atom stereocenters. The summed E-state index contributed by atoms with van der Waals surface area (Å²) in [5.41, 5.74) is 2.45. The summed E-state index contributed by atoms with van der Waals surface area (Å²) in [6.07, 6.45) is 0.344. The Bertz CT molecular complexity index is 1890. The number of benzene rings is 3. The molecule has 1 aliphatic rings. The zero-order valence-electron chi connectivity index (χ0n) is 29.0. The second-order valence-corrected chi connectivity index (χ2v) is 11.5. The highest BCUT2D eigenvalue weighted by Gasteiger charge is 2.34. The van der Waals surface area contributed by atoms with Gasteiger partial charge in [0.25, 0.3) is 0 Å². The first kappa shape index (κ1) is 35.7. The van der Waals surface area contributed by atoms with Gasteiger partial charge in [-0.05, 0) is 65.1 Å². The molecule has 0 saturated heterocycles. The third-order valence-electron chi connectivity index (χ3n) is 8.86. The van der Waals surface area contributed by atoms with Gasteiger partial charge in [-0.1, -0.05) is 6.07 Å². The van der Waals surface area contributed by atoms with Gasteiger partial charge in [0.2, 0.25) is 16.9 Å². The molecule has 13 heteroatoms. The zero-order chi connectivity index (χ0) is 36.1. The van der Waals surface area contributed by atoms with E-state index in [9.17, 15) is 19.8 Å². The summed E-state index contributed by atoms with van der Waals surface area (Å²) in [6, 6.07) is 12.9. The first-order valence-electron chi connectivity index (χ1n) is 15.7. The molecule has 266 valence electrons. The fraction of sp³-hybridized carbons (Fsp3) is 0.351. The van der Waals surface area contributed by atoms with Crippen molar-refractivity contribution >= 4 is 5.97 Å². The molecule has 0 amide bonds. The minimum Gasteiger partial charge on any atom is -0.504 e. The number of nitrogens with zero attached hydrogens (tertiary/aromatic N) is 1. The van der Waals surface area contributed by atoms with Gasteiger partial charge in [0, 0.05) is 12.6 Å². The number of ether oxygens (including phenoxy) is 7. The molecular formula is C37H41NO12. The lowest BCUT2D eigenvalue weighted by molar-refractivity contribution is -0.140. The molecule has 2 heterocycles. The summed E-state index contributed by atoms with van der Waals surface area (Å²) in [4.78, 5) is 28.0. The van der Waals surface area contributed by atoms with Crippen LogP contribution in [0.4, 0.5) is 0 Å². The molecule has 2 N–H and O–H groups in total. The van der Waals surface area contributed by atoms with E-state index in [1.165, 1.54) is 39.5 Å². The highest BCUT2D eigenvalue weighted by molar-refractivity contribution is 5.71. The minimum atomic E-state index is -0.975. The number of methoxy groups -OCH3 is 7. The van der Waals surface area contributed by atoms with E-state index in [-0.39, 0.29) is 36.0 Å². The standard InChI is InChI=1S/C37H41NO12/c1-43-28-9-8-20(12-26(28)39)25(18-33(41)48-6)36-35(42)27(40)16-23(50-36)19-38-11-10-21-13-29(44-2)30(45-3)17-24(21)34(38)22-14-31(46-4)37(49-7)32(15-22)47-5/h8-9,12-17,25,34,39,42H,10-11,18-19H2,1-7H3/t25-,34+/m0/s1. The topological polar surface area (TPSA) is 156 Å². The number of rotatable bonds is 13. The van der Waals surface area contributed by atoms with E-state index in [2.05, 4.69) is 4.90 Å². The maximum Gasteiger partial charge on any atom is 0.306 e. The number of fused-ring (bicyclic) bond motifs is 1. The average molecular weight is 692 g/mol. The van der Waals surface area contributed by atoms with Crippen LogP contribution in [0.1, 0.15) is 52.2 Å². The van der Waals surface area contributed by atoms with Gasteiger partial charge in [-0.25, -0.2) is 0 Å². The molecule has 3 aromatic carbocycles. The van der Waals surface area contributed by atoms with Crippen molar-refractivity contribution in [2.45, 2.75) is 31.3 Å². The maximum absolute atomic E-state index is 13.3. The Balaban J connectivity index is 1.65. The third kappa shape index (κ3) is 6.95. The van der Waals surface area contributed by atoms with Crippen LogP contribution in [0.2, 0.25) is 0 Å². The monoisotopic (exact) mass is 691 g/mol. The Morgan fingerprint density at radius 2 is 1.46 bits per heavy atom. The largest absolute Gasteiger partial charge is 0.504 e. The lowest BCUT2D eigenvalue weighted by Gasteiger charge is -2.38. The van der Waals surface area contributed by atoms with Crippen LogP contribution in [0, 0.1) is 0 Å². The first-order valence-corrected chi connectivity index (χ1v) is 15.7. The number of carbonyl (C=O) groups is 1. The maximum atomic E-state index is 13.3. The van der Waals surface area contributed by atoms with Gasteiger partial charge < -0.3 is 47.8 Å². The average Bonchev–Trinajstić information content (AvgIpc) is 3.13. The molecular weight excluding hydrogens is 650 g/mol. The normalized spacial score (nSPS) is 14.7. The summed E-state index contributed by atoms with van der Waals surface area (Å²) in [6.45, 7) is 0.651. The fourth-order valence-electron chi connectivity index (χ4n) is 6.42. The smallest absolute Gasteiger partial charge is 0.306 e. The number of hydrogen-bond acceptors (Lipinski definition) is 13. The zero-order valence-corrected chi connectivity index (χ0v) is 29.0. The van der Waals surface area contributed by atoms with Crippen molar-refractivity contribution in [3.05, 3.63) is 92.5 Å². The summed E-state index contributed by atoms with van der Waals surface area (Å²) in [7, 11) is 10.4. The van der Waals surface area contributed by atoms with Crippen LogP contribution < -0.4 is 33.8 Å². The van der Waals surface area contributed by atoms with Crippen molar-refractivity contribution in [3.8, 4) is 46.0 Å². The molecule has 0 aliphatic carbocycles. The SMILES string of the molecule is COC(=O)C[C@@H](c1ccc(OC)c(O)c1)c1oc(CN2CCc3cc(OC)c(OC)cc3[C@H]2c2cc(OC)c(OC)c(OC)c2)cc(=O)c1O. The second-order valence-electron chi connectivity index (χ2n) is 11.5. The quantitative estimate of drug-likeness (QED) is 0.182. The van der Waals surface area contributed by atoms with Gasteiger partial charge in [-0.3, -0.25) is 14.5 Å². The molecule has 0 fully saturated rings. The van der Waals surface area contributed by atoms with E-state index >= 15 is 0 Å². The molecule has 0 radical (unpaired) electrons. The Labute approximate surface area is 289 Å². The minimum absolute atomic E-state index is 0.121. The lowest BCUT2D eigenvalue weighted by atomic mass is 9.87. The third-order valence-corrected chi connectivity index (χ3v) is 8.86. The van der Waals surface area contributed by atoms with Gasteiger partial charge in [0.15, 0.2) is 40.3 Å². The Hall–Kier alpha value is -5.56. The van der Waals surface area contributed by atoms with Crippen LogP contribution >= 0.6 is 0 Å². The molecule has 0 spiro atoms. The molecule has 1 aliphatic heterocycles. The Morgan fingerprint density at radius 1 is 0.820 bits per heavy atom. The van der Waals surface area contributed by atoms with E-state index in [0.29, 0.717) is 47.3 Å². The van der Waals surface area contributed by atoms with Gasteiger partial charge in [0.1, 0.15) is 5.76 Å². The number of phenolic OH excluding ortho intramolecular Hbond substituents is 1. The Kier molecular flexibility index (Phi) is 11.0. The van der Waals surface area contributed by atoms with Crippen LogP contribution in [0.25, 0.3) is 0 Å². The number of phenols is 1. The molecule has 0 unspecified atom stereocenters. The van der Waals surface area contributed by atoms with Crippen molar-refractivity contribution in [3.63, 3.8) is 0 Å². The van der Waals surface area contributed by atoms with E-state index in [1.807, 2.05) is 24.3 Å². The highest BCUT2D eigenvalue weighted by Crippen LogP contribution is 2.46. The molecule has 0 bridgehead atoms. The van der Waals surface area contributed by atoms with Crippen LogP contribution in [0.3, 0.4) is 0 Å². The first-order chi connectivity index (χ1) is 24.1. The molecule has 4 aromatic rings. The van der Waals surface area contributed by atoms with Crippen molar-refractivity contribution in [2.24, 2.45) is 0 Å². The van der Waals surface area contributed by atoms with Crippen molar-refractivity contribution in [2.75, 3.05) is 56.3 Å². The van der Waals surface area contributed by atoms with Crippen LogP contribution in [-0.4, -0.2) is 77.4 Å². The van der Waals surface area contributed by atoms with E-state index in [1.54, 1.807) is 34.5 Å². The van der Waals surface area contributed by atoms with Gasteiger partial charge in [0.05, 0.1) is 74.7 Å². The predicted molar refractivity (Wildman–Crippen MR) is 181 cm³/mol. The molecule has 50 heavy (non-hydrogen) atoms. The molecule has 0 saturated carbocycles. The van der Waals surface area contributed by atoms with Crippen LogP contribution in [0.5, 0.6) is 46.0 Å². The van der Waals surface area contributed by atoms with E-state index in [4.69, 9.17) is 37.6 Å². The Morgan fingerprint density at radius 3 is 2.04 bits per heavy atom. The lowest BCUT2D eigenvalue weighted by Crippen LogP contribution is -2.36. The number of esters is 1. The van der Waals surface area contributed by atoms with Crippen molar-refractivity contribution in [1.29, 1.82) is 0 Å². The van der Waals surface area contributed by atoms with Crippen molar-refractivity contribution < 1.29 is 52.6 Å². The summed E-state index contributed by atoms with van der Waals surface area (Å²) in [5, 5.41) is 21.5. The van der Waals surface area contributed by atoms with Crippen LogP contribution in [0.15, 0.2) is 57.7 Å². The number of carbonyl (C=O) groups excluding carboxylic acids is 1.